The second-order valence-electron chi connectivity index (χ2n) is 4.16. The lowest BCUT2D eigenvalue weighted by molar-refractivity contribution is -0.142. The standard InChI is InChI=1S/C11H13BrF3N3O3/c1-5-8(12)9(11(13,14)15)17-18(5)6(2)10(20)16-4-7(19)21-3/h6H,4H2,1-3H3,(H,16,20). The van der Waals surface area contributed by atoms with Crippen molar-refractivity contribution in [2.24, 2.45) is 0 Å². The molecule has 1 unspecified atom stereocenters. The van der Waals surface area contributed by atoms with E-state index in [4.69, 9.17) is 0 Å². The van der Waals surface area contributed by atoms with E-state index in [0.29, 0.717) is 0 Å². The van der Waals surface area contributed by atoms with Gasteiger partial charge in [-0.3, -0.25) is 14.3 Å². The maximum Gasteiger partial charge on any atom is 0.436 e. The van der Waals surface area contributed by atoms with E-state index in [-0.39, 0.29) is 16.7 Å². The number of carbonyl (C=O) groups excluding carboxylic acids is 2. The first-order valence-corrected chi connectivity index (χ1v) is 6.55. The van der Waals surface area contributed by atoms with E-state index in [1.807, 2.05) is 0 Å². The van der Waals surface area contributed by atoms with Gasteiger partial charge in [-0.2, -0.15) is 18.3 Å². The Bertz CT molecular complexity index is 557. The van der Waals surface area contributed by atoms with Gasteiger partial charge in [0.2, 0.25) is 5.91 Å². The van der Waals surface area contributed by atoms with E-state index < -0.39 is 29.8 Å². The monoisotopic (exact) mass is 371 g/mol. The molecular weight excluding hydrogens is 359 g/mol. The van der Waals surface area contributed by atoms with Crippen LogP contribution in [0.15, 0.2) is 4.47 Å². The Morgan fingerprint density at radius 3 is 2.48 bits per heavy atom. The number of nitrogens with one attached hydrogen (secondary N) is 1. The Kier molecular flexibility index (Phi) is 5.37. The van der Waals surface area contributed by atoms with Gasteiger partial charge in [-0.25, -0.2) is 0 Å². The SMILES string of the molecule is COC(=O)CNC(=O)C(C)n1nc(C(F)(F)F)c(Br)c1C. The Balaban J connectivity index is 2.95. The molecule has 0 aromatic carbocycles. The number of alkyl halides is 3. The third-order valence-electron chi connectivity index (χ3n) is 2.73. The molecule has 0 radical (unpaired) electrons. The zero-order chi connectivity index (χ0) is 16.4. The topological polar surface area (TPSA) is 73.2 Å². The molecule has 0 aliphatic rings. The number of hydrogen-bond acceptors (Lipinski definition) is 4. The molecule has 21 heavy (non-hydrogen) atoms. The number of ether oxygens (including phenoxy) is 1. The van der Waals surface area contributed by atoms with Gasteiger partial charge in [0, 0.05) is 0 Å². The van der Waals surface area contributed by atoms with Crippen molar-refractivity contribution in [2.75, 3.05) is 13.7 Å². The van der Waals surface area contributed by atoms with Crippen molar-refractivity contribution >= 4 is 27.8 Å². The molecule has 1 aromatic rings. The van der Waals surface area contributed by atoms with E-state index in [2.05, 4.69) is 31.1 Å². The number of aromatic nitrogens is 2. The molecule has 1 amide bonds. The number of esters is 1. The molecule has 1 rings (SSSR count). The summed E-state index contributed by atoms with van der Waals surface area (Å²) >= 11 is 2.82. The zero-order valence-corrected chi connectivity index (χ0v) is 13.0. The number of nitrogens with zero attached hydrogens (tertiary/aromatic N) is 2. The second-order valence-corrected chi connectivity index (χ2v) is 4.95. The minimum absolute atomic E-state index is 0.156. The zero-order valence-electron chi connectivity index (χ0n) is 11.4. The highest BCUT2D eigenvalue weighted by Crippen LogP contribution is 2.36. The highest BCUT2D eigenvalue weighted by Gasteiger charge is 2.38. The van der Waals surface area contributed by atoms with Crippen LogP contribution in [-0.4, -0.2) is 35.3 Å². The molecular formula is C11H13BrF3N3O3. The van der Waals surface area contributed by atoms with Crippen LogP contribution in [0.2, 0.25) is 0 Å². The Labute approximate surface area is 126 Å². The predicted octanol–water partition coefficient (Wildman–Crippen LogP) is 1.82. The van der Waals surface area contributed by atoms with Crippen molar-refractivity contribution in [3.8, 4) is 0 Å². The van der Waals surface area contributed by atoms with Crippen LogP contribution in [0.4, 0.5) is 13.2 Å². The highest BCUT2D eigenvalue weighted by atomic mass is 79.9. The van der Waals surface area contributed by atoms with Crippen molar-refractivity contribution in [1.29, 1.82) is 0 Å². The lowest BCUT2D eigenvalue weighted by Crippen LogP contribution is -2.35. The molecule has 0 fully saturated rings. The molecule has 0 bridgehead atoms. The summed E-state index contributed by atoms with van der Waals surface area (Å²) in [6.07, 6.45) is -4.63. The average molecular weight is 372 g/mol. The molecule has 10 heteroatoms. The number of methoxy groups -OCH3 is 1. The molecule has 0 aliphatic heterocycles. The van der Waals surface area contributed by atoms with E-state index in [9.17, 15) is 22.8 Å². The molecule has 0 spiro atoms. The van der Waals surface area contributed by atoms with Crippen LogP contribution in [0, 0.1) is 6.92 Å². The van der Waals surface area contributed by atoms with Crippen molar-refractivity contribution in [2.45, 2.75) is 26.1 Å². The third kappa shape index (κ3) is 3.96. The van der Waals surface area contributed by atoms with Gasteiger partial charge in [-0.1, -0.05) is 0 Å². The molecule has 0 aliphatic carbocycles. The van der Waals surface area contributed by atoms with Crippen LogP contribution in [0.1, 0.15) is 24.4 Å². The van der Waals surface area contributed by atoms with Gasteiger partial charge in [0.05, 0.1) is 17.3 Å². The number of hydrogen-bond donors (Lipinski definition) is 1. The largest absolute Gasteiger partial charge is 0.468 e. The van der Waals surface area contributed by atoms with Crippen molar-refractivity contribution in [3.05, 3.63) is 15.9 Å². The van der Waals surface area contributed by atoms with E-state index in [1.165, 1.54) is 13.8 Å². The number of halogens is 4. The van der Waals surface area contributed by atoms with Gasteiger partial charge in [-0.05, 0) is 29.8 Å². The lowest BCUT2D eigenvalue weighted by atomic mass is 10.3. The Morgan fingerprint density at radius 2 is 2.05 bits per heavy atom. The molecule has 1 heterocycles. The lowest BCUT2D eigenvalue weighted by Gasteiger charge is -2.14. The first kappa shape index (κ1) is 17.5. The normalized spacial score (nSPS) is 12.9. The predicted molar refractivity (Wildman–Crippen MR) is 69.4 cm³/mol. The van der Waals surface area contributed by atoms with Crippen LogP contribution in [-0.2, 0) is 20.5 Å². The van der Waals surface area contributed by atoms with Gasteiger partial charge in [0.15, 0.2) is 5.69 Å². The van der Waals surface area contributed by atoms with Crippen LogP contribution in [0.5, 0.6) is 0 Å². The number of rotatable bonds is 4. The molecule has 1 N–H and O–H groups in total. The molecule has 118 valence electrons. The average Bonchev–Trinajstić information content (AvgIpc) is 2.71. The van der Waals surface area contributed by atoms with E-state index in [1.54, 1.807) is 0 Å². The van der Waals surface area contributed by atoms with Crippen molar-refractivity contribution in [1.82, 2.24) is 15.1 Å². The van der Waals surface area contributed by atoms with Gasteiger partial charge in [-0.15, -0.1) is 0 Å². The Morgan fingerprint density at radius 1 is 1.48 bits per heavy atom. The third-order valence-corrected chi connectivity index (χ3v) is 3.68. The second kappa shape index (κ2) is 6.46. The fraction of sp³-hybridized carbons (Fsp3) is 0.545. The molecule has 1 aromatic heterocycles. The summed E-state index contributed by atoms with van der Waals surface area (Å²) in [6.45, 7) is 2.41. The summed E-state index contributed by atoms with van der Waals surface area (Å²) in [5.74, 6) is -1.31. The molecule has 0 saturated heterocycles. The molecule has 1 atom stereocenters. The van der Waals surface area contributed by atoms with Crippen molar-refractivity contribution in [3.63, 3.8) is 0 Å². The smallest absolute Gasteiger partial charge is 0.436 e. The summed E-state index contributed by atoms with van der Waals surface area (Å²) in [5, 5.41) is 5.67. The minimum Gasteiger partial charge on any atom is -0.468 e. The Hall–Kier alpha value is -1.58. The number of carbonyl (C=O) groups is 2. The highest BCUT2D eigenvalue weighted by molar-refractivity contribution is 9.10. The minimum atomic E-state index is -4.63. The van der Waals surface area contributed by atoms with Crippen LogP contribution in [0.25, 0.3) is 0 Å². The van der Waals surface area contributed by atoms with Crippen LogP contribution < -0.4 is 5.32 Å². The molecule has 0 saturated carbocycles. The maximum atomic E-state index is 12.7. The van der Waals surface area contributed by atoms with E-state index in [0.717, 1.165) is 11.8 Å². The number of amides is 1. The summed E-state index contributed by atoms with van der Waals surface area (Å²) in [5.41, 5.74) is -0.948. The van der Waals surface area contributed by atoms with Gasteiger partial charge < -0.3 is 10.1 Å². The summed E-state index contributed by atoms with van der Waals surface area (Å²) in [6, 6.07) is -1.01. The summed E-state index contributed by atoms with van der Waals surface area (Å²) < 4.78 is 43.3. The van der Waals surface area contributed by atoms with Crippen LogP contribution in [0.3, 0.4) is 0 Å². The van der Waals surface area contributed by atoms with Gasteiger partial charge in [0.1, 0.15) is 12.6 Å². The maximum absolute atomic E-state index is 12.7. The first-order valence-electron chi connectivity index (χ1n) is 5.76. The first-order chi connectivity index (χ1) is 9.59. The molecule has 6 nitrogen and oxygen atoms in total. The quantitative estimate of drug-likeness (QED) is 0.819. The van der Waals surface area contributed by atoms with Gasteiger partial charge in [0.25, 0.3) is 0 Å². The fourth-order valence-electron chi connectivity index (χ4n) is 1.55. The van der Waals surface area contributed by atoms with E-state index >= 15 is 0 Å². The summed E-state index contributed by atoms with van der Waals surface area (Å²) in [4.78, 5) is 22.7. The van der Waals surface area contributed by atoms with Crippen molar-refractivity contribution < 1.29 is 27.5 Å². The fourth-order valence-corrected chi connectivity index (χ4v) is 2.03. The summed E-state index contributed by atoms with van der Waals surface area (Å²) in [7, 11) is 1.16. The van der Waals surface area contributed by atoms with Gasteiger partial charge >= 0.3 is 12.1 Å². The van der Waals surface area contributed by atoms with Crippen LogP contribution >= 0.6 is 15.9 Å².